The van der Waals surface area contributed by atoms with Crippen molar-refractivity contribution in [3.63, 3.8) is 0 Å². The number of carboxylic acid groups (broad SMARTS) is 1. The van der Waals surface area contributed by atoms with Gasteiger partial charge in [0, 0.05) is 18.4 Å². The first-order chi connectivity index (χ1) is 12.0. The minimum atomic E-state index is -1.12. The van der Waals surface area contributed by atoms with Gasteiger partial charge in [0.2, 0.25) is 0 Å². The summed E-state index contributed by atoms with van der Waals surface area (Å²) in [4.78, 5) is 25.0. The summed E-state index contributed by atoms with van der Waals surface area (Å²) in [6.07, 6.45) is 0.637. The molecule has 0 fully saturated rings. The Morgan fingerprint density at radius 2 is 1.88 bits per heavy atom. The van der Waals surface area contributed by atoms with E-state index in [0.717, 1.165) is 11.4 Å². The molecule has 1 aromatic carbocycles. The zero-order chi connectivity index (χ0) is 18.1. The quantitative estimate of drug-likeness (QED) is 0.775. The fourth-order valence-corrected chi connectivity index (χ4v) is 3.16. The van der Waals surface area contributed by atoms with E-state index in [1.807, 2.05) is 43.3 Å². The van der Waals surface area contributed by atoms with Gasteiger partial charge in [0.25, 0.3) is 5.56 Å². The number of aromatic nitrogens is 2. The van der Waals surface area contributed by atoms with Gasteiger partial charge in [0.15, 0.2) is 11.4 Å². The van der Waals surface area contributed by atoms with Crippen LogP contribution in [0.3, 0.4) is 0 Å². The summed E-state index contributed by atoms with van der Waals surface area (Å²) in [5.41, 5.74) is 1.84. The average Bonchev–Trinajstić information content (AvgIpc) is 2.88. The molecule has 6 nitrogen and oxygen atoms in total. The van der Waals surface area contributed by atoms with Crippen LogP contribution in [0.15, 0.2) is 41.2 Å². The summed E-state index contributed by atoms with van der Waals surface area (Å²) >= 11 is 0. The fraction of sp³-hybridized carbons (Fsp3) is 0.263. The Kier molecular flexibility index (Phi) is 4.35. The van der Waals surface area contributed by atoms with Gasteiger partial charge in [-0.15, -0.1) is 0 Å². The lowest BCUT2D eigenvalue weighted by atomic mass is 10.2. The second kappa shape index (κ2) is 6.47. The number of hydrogen-bond acceptors (Lipinski definition) is 3. The van der Waals surface area contributed by atoms with Gasteiger partial charge in [-0.05, 0) is 31.5 Å². The third-order valence-electron chi connectivity index (χ3n) is 4.27. The van der Waals surface area contributed by atoms with E-state index in [2.05, 4.69) is 0 Å². The molecule has 2 aromatic heterocycles. The average molecular weight is 340 g/mol. The van der Waals surface area contributed by atoms with E-state index in [9.17, 15) is 14.7 Å². The number of para-hydroxylation sites is 1. The number of carboxylic acids is 1. The highest BCUT2D eigenvalue weighted by Crippen LogP contribution is 2.31. The molecule has 0 aliphatic rings. The minimum Gasteiger partial charge on any atom is -0.490 e. The first-order valence-electron chi connectivity index (χ1n) is 8.20. The van der Waals surface area contributed by atoms with E-state index >= 15 is 0 Å². The molecule has 2 heterocycles. The standard InChI is InChI=1S/C19H20N2O4/c1-4-12-11-14-15(17(25-5-2)16(19(23)24)20(14)3)18(22)21(12)13-9-7-6-8-10-13/h6-11H,4-5H2,1-3H3,(H,23,24). The maximum absolute atomic E-state index is 13.3. The molecule has 0 aliphatic carbocycles. The van der Waals surface area contributed by atoms with Crippen LogP contribution in [0.4, 0.5) is 0 Å². The van der Waals surface area contributed by atoms with Crippen LogP contribution in [0, 0.1) is 0 Å². The lowest BCUT2D eigenvalue weighted by Gasteiger charge is -2.13. The van der Waals surface area contributed by atoms with Gasteiger partial charge < -0.3 is 14.4 Å². The molecule has 0 amide bonds. The van der Waals surface area contributed by atoms with Crippen molar-refractivity contribution >= 4 is 16.9 Å². The Balaban J connectivity index is 2.48. The van der Waals surface area contributed by atoms with Crippen molar-refractivity contribution in [2.45, 2.75) is 20.3 Å². The lowest BCUT2D eigenvalue weighted by molar-refractivity contribution is 0.0682. The minimum absolute atomic E-state index is 0.0122. The van der Waals surface area contributed by atoms with Gasteiger partial charge in [-0.1, -0.05) is 25.1 Å². The Labute approximate surface area is 144 Å². The van der Waals surface area contributed by atoms with E-state index in [4.69, 9.17) is 4.74 Å². The van der Waals surface area contributed by atoms with E-state index in [1.54, 1.807) is 18.5 Å². The molecule has 0 saturated heterocycles. The van der Waals surface area contributed by atoms with Gasteiger partial charge in [-0.25, -0.2) is 4.79 Å². The normalized spacial score (nSPS) is 11.0. The van der Waals surface area contributed by atoms with Crippen LogP contribution in [-0.2, 0) is 13.5 Å². The molecule has 0 unspecified atom stereocenters. The molecule has 3 rings (SSSR count). The van der Waals surface area contributed by atoms with Crippen molar-refractivity contribution < 1.29 is 14.6 Å². The van der Waals surface area contributed by atoms with Gasteiger partial charge in [0.1, 0.15) is 5.39 Å². The number of pyridine rings is 1. The number of aryl methyl sites for hydroxylation is 2. The Bertz CT molecular complexity index is 1000. The number of carbonyl (C=O) groups is 1. The van der Waals surface area contributed by atoms with Crippen LogP contribution in [0.25, 0.3) is 16.6 Å². The van der Waals surface area contributed by atoms with Crippen molar-refractivity contribution in [2.75, 3.05) is 6.61 Å². The molecule has 25 heavy (non-hydrogen) atoms. The fourth-order valence-electron chi connectivity index (χ4n) is 3.16. The highest BCUT2D eigenvalue weighted by molar-refractivity contribution is 6.00. The smallest absolute Gasteiger partial charge is 0.356 e. The summed E-state index contributed by atoms with van der Waals surface area (Å²) in [5, 5.41) is 9.86. The van der Waals surface area contributed by atoms with Crippen LogP contribution in [-0.4, -0.2) is 26.8 Å². The van der Waals surface area contributed by atoms with E-state index < -0.39 is 5.97 Å². The number of nitrogens with zero attached hydrogens (tertiary/aromatic N) is 2. The first-order valence-corrected chi connectivity index (χ1v) is 8.20. The molecule has 0 bridgehead atoms. The Hall–Kier alpha value is -3.02. The number of aromatic carboxylic acids is 1. The number of fused-ring (bicyclic) bond motifs is 1. The number of hydrogen-bond donors (Lipinski definition) is 1. The van der Waals surface area contributed by atoms with E-state index in [-0.39, 0.29) is 23.6 Å². The molecular formula is C19H20N2O4. The van der Waals surface area contributed by atoms with E-state index in [0.29, 0.717) is 17.3 Å². The van der Waals surface area contributed by atoms with Gasteiger partial charge in [-0.3, -0.25) is 9.36 Å². The molecule has 1 N–H and O–H groups in total. The monoisotopic (exact) mass is 340 g/mol. The maximum atomic E-state index is 13.3. The zero-order valence-electron chi connectivity index (χ0n) is 14.4. The summed E-state index contributed by atoms with van der Waals surface area (Å²) < 4.78 is 8.70. The number of rotatable bonds is 5. The molecule has 0 aliphatic heterocycles. The van der Waals surface area contributed by atoms with Crippen LogP contribution < -0.4 is 10.3 Å². The van der Waals surface area contributed by atoms with Crippen molar-refractivity contribution in [2.24, 2.45) is 7.05 Å². The second-order valence-electron chi connectivity index (χ2n) is 5.70. The second-order valence-corrected chi connectivity index (χ2v) is 5.70. The topological polar surface area (TPSA) is 73.5 Å². The van der Waals surface area contributed by atoms with Crippen LogP contribution >= 0.6 is 0 Å². The Morgan fingerprint density at radius 1 is 1.20 bits per heavy atom. The van der Waals surface area contributed by atoms with Crippen molar-refractivity contribution in [1.82, 2.24) is 9.13 Å². The molecule has 130 valence electrons. The molecule has 0 radical (unpaired) electrons. The molecule has 3 aromatic rings. The summed E-state index contributed by atoms with van der Waals surface area (Å²) in [6.45, 7) is 4.00. The van der Waals surface area contributed by atoms with Crippen LogP contribution in [0.2, 0.25) is 0 Å². The van der Waals surface area contributed by atoms with Crippen molar-refractivity contribution in [3.05, 3.63) is 58.1 Å². The van der Waals surface area contributed by atoms with Gasteiger partial charge >= 0.3 is 5.97 Å². The summed E-state index contributed by atoms with van der Waals surface area (Å²) in [5.74, 6) is -0.990. The predicted octanol–water partition coefficient (Wildman–Crippen LogP) is 2.99. The van der Waals surface area contributed by atoms with Crippen LogP contribution in [0.1, 0.15) is 30.0 Å². The summed E-state index contributed by atoms with van der Waals surface area (Å²) in [7, 11) is 1.64. The first kappa shape index (κ1) is 16.8. The molecule has 0 atom stereocenters. The maximum Gasteiger partial charge on any atom is 0.356 e. The van der Waals surface area contributed by atoms with E-state index in [1.165, 1.54) is 4.57 Å². The highest BCUT2D eigenvalue weighted by Gasteiger charge is 2.26. The predicted molar refractivity (Wildman–Crippen MR) is 96.0 cm³/mol. The highest BCUT2D eigenvalue weighted by atomic mass is 16.5. The van der Waals surface area contributed by atoms with Gasteiger partial charge in [-0.2, -0.15) is 0 Å². The summed E-state index contributed by atoms with van der Waals surface area (Å²) in [6, 6.07) is 11.2. The molecule has 6 heteroatoms. The third kappa shape index (κ3) is 2.59. The molecule has 0 saturated carbocycles. The lowest BCUT2D eigenvalue weighted by Crippen LogP contribution is -2.22. The molecular weight excluding hydrogens is 320 g/mol. The zero-order valence-corrected chi connectivity index (χ0v) is 14.4. The molecule has 0 spiro atoms. The number of benzene rings is 1. The number of ether oxygens (including phenoxy) is 1. The van der Waals surface area contributed by atoms with Gasteiger partial charge in [0.05, 0.1) is 12.1 Å². The SMILES string of the molecule is CCOc1c(C(=O)O)n(C)c2cc(CC)n(-c3ccccc3)c(=O)c12. The van der Waals surface area contributed by atoms with Crippen molar-refractivity contribution in [3.8, 4) is 11.4 Å². The third-order valence-corrected chi connectivity index (χ3v) is 4.27. The van der Waals surface area contributed by atoms with Crippen LogP contribution in [0.5, 0.6) is 5.75 Å². The largest absolute Gasteiger partial charge is 0.490 e. The Morgan fingerprint density at radius 3 is 2.44 bits per heavy atom. The van der Waals surface area contributed by atoms with Crippen molar-refractivity contribution in [1.29, 1.82) is 0 Å².